The standard InChI is InChI=1S/C21H21N3O3/c1-21(15-6-3-2-4-7-15)10-5-11-24(13-21)20(27)14-8-9-16-17(12-14)23-19(26)18(25)22-16/h2-4,6-9,12H,5,10-11,13H2,1H3,(H,22,25)(H,23,26)/t21-/m1/s1. The Labute approximate surface area is 155 Å². The third-order valence-corrected chi connectivity index (χ3v) is 5.42. The van der Waals surface area contributed by atoms with Crippen LogP contribution in [0.2, 0.25) is 0 Å². The normalized spacial score (nSPS) is 20.0. The van der Waals surface area contributed by atoms with E-state index < -0.39 is 11.1 Å². The molecule has 1 aromatic heterocycles. The zero-order chi connectivity index (χ0) is 19.0. The van der Waals surface area contributed by atoms with Gasteiger partial charge < -0.3 is 14.9 Å². The summed E-state index contributed by atoms with van der Waals surface area (Å²) in [6.07, 6.45) is 1.97. The van der Waals surface area contributed by atoms with Crippen LogP contribution in [0.3, 0.4) is 0 Å². The largest absolute Gasteiger partial charge is 0.338 e. The summed E-state index contributed by atoms with van der Waals surface area (Å²) in [7, 11) is 0. The van der Waals surface area contributed by atoms with Gasteiger partial charge >= 0.3 is 11.1 Å². The fraction of sp³-hybridized carbons (Fsp3) is 0.286. The number of carbonyl (C=O) groups is 1. The smallest absolute Gasteiger partial charge is 0.314 e. The first-order chi connectivity index (χ1) is 13.0. The SMILES string of the molecule is C[C@@]1(c2ccccc2)CCCN(C(=O)c2ccc3[nH]c(=O)c(=O)[nH]c3c2)C1. The zero-order valence-electron chi connectivity index (χ0n) is 15.1. The minimum absolute atomic E-state index is 0.0641. The number of fused-ring (bicyclic) bond motifs is 1. The van der Waals surface area contributed by atoms with Crippen molar-refractivity contribution in [3.05, 3.63) is 80.4 Å². The number of aromatic amines is 2. The molecule has 0 bridgehead atoms. The minimum Gasteiger partial charge on any atom is -0.338 e. The van der Waals surface area contributed by atoms with Crippen LogP contribution in [0.25, 0.3) is 11.0 Å². The number of rotatable bonds is 2. The predicted octanol–water partition coefficient (Wildman–Crippen LogP) is 2.41. The van der Waals surface area contributed by atoms with Crippen molar-refractivity contribution < 1.29 is 4.79 Å². The molecule has 1 amide bonds. The lowest BCUT2D eigenvalue weighted by Gasteiger charge is -2.41. The second kappa shape index (κ2) is 6.54. The number of hydrogen-bond donors (Lipinski definition) is 2. The van der Waals surface area contributed by atoms with E-state index in [0.717, 1.165) is 12.8 Å². The Morgan fingerprint density at radius 3 is 2.44 bits per heavy atom. The van der Waals surface area contributed by atoms with Crippen LogP contribution in [0.4, 0.5) is 0 Å². The van der Waals surface area contributed by atoms with Crippen LogP contribution in [-0.2, 0) is 5.41 Å². The molecule has 2 aromatic carbocycles. The molecular weight excluding hydrogens is 342 g/mol. The highest BCUT2D eigenvalue weighted by Crippen LogP contribution is 2.34. The van der Waals surface area contributed by atoms with E-state index in [1.807, 2.05) is 23.1 Å². The van der Waals surface area contributed by atoms with E-state index in [1.165, 1.54) is 5.56 Å². The number of nitrogens with one attached hydrogen (secondary N) is 2. The maximum atomic E-state index is 13.1. The van der Waals surface area contributed by atoms with Crippen molar-refractivity contribution in [2.45, 2.75) is 25.2 Å². The highest BCUT2D eigenvalue weighted by molar-refractivity contribution is 5.97. The molecule has 3 aromatic rings. The molecule has 6 heteroatoms. The number of H-pyrrole nitrogens is 2. The fourth-order valence-corrected chi connectivity index (χ4v) is 3.92. The van der Waals surface area contributed by atoms with Gasteiger partial charge in [0.25, 0.3) is 5.91 Å². The van der Waals surface area contributed by atoms with E-state index in [-0.39, 0.29) is 11.3 Å². The topological polar surface area (TPSA) is 86.0 Å². The molecule has 0 spiro atoms. The molecule has 0 radical (unpaired) electrons. The number of piperidine rings is 1. The number of aromatic nitrogens is 2. The number of amides is 1. The molecule has 138 valence electrons. The fourth-order valence-electron chi connectivity index (χ4n) is 3.92. The number of carbonyl (C=O) groups excluding carboxylic acids is 1. The van der Waals surface area contributed by atoms with Gasteiger partial charge in [-0.05, 0) is 36.6 Å². The molecule has 0 aliphatic carbocycles. The molecule has 2 N–H and O–H groups in total. The number of benzene rings is 2. The number of likely N-dealkylation sites (tertiary alicyclic amines) is 1. The Morgan fingerprint density at radius 2 is 1.70 bits per heavy atom. The van der Waals surface area contributed by atoms with E-state index >= 15 is 0 Å². The van der Waals surface area contributed by atoms with E-state index in [2.05, 4.69) is 29.0 Å². The predicted molar refractivity (Wildman–Crippen MR) is 104 cm³/mol. The van der Waals surface area contributed by atoms with Gasteiger partial charge in [0.2, 0.25) is 0 Å². The van der Waals surface area contributed by atoms with Gasteiger partial charge in [0.15, 0.2) is 0 Å². The lowest BCUT2D eigenvalue weighted by Crippen LogP contribution is -2.47. The third kappa shape index (κ3) is 3.18. The van der Waals surface area contributed by atoms with Gasteiger partial charge in [0.05, 0.1) is 11.0 Å². The lowest BCUT2D eigenvalue weighted by molar-refractivity contribution is 0.0651. The first kappa shape index (κ1) is 17.3. The van der Waals surface area contributed by atoms with E-state index in [1.54, 1.807) is 18.2 Å². The molecule has 27 heavy (non-hydrogen) atoms. The van der Waals surface area contributed by atoms with Gasteiger partial charge in [-0.15, -0.1) is 0 Å². The molecule has 2 heterocycles. The third-order valence-electron chi connectivity index (χ3n) is 5.42. The first-order valence-corrected chi connectivity index (χ1v) is 9.07. The van der Waals surface area contributed by atoms with E-state index in [0.29, 0.717) is 29.7 Å². The molecule has 0 saturated carbocycles. The van der Waals surface area contributed by atoms with Gasteiger partial charge in [-0.25, -0.2) is 0 Å². The molecule has 1 saturated heterocycles. The monoisotopic (exact) mass is 363 g/mol. The van der Waals surface area contributed by atoms with Crippen LogP contribution in [0.15, 0.2) is 58.1 Å². The Balaban J connectivity index is 1.64. The molecule has 1 aliphatic rings. The van der Waals surface area contributed by atoms with Crippen LogP contribution >= 0.6 is 0 Å². The van der Waals surface area contributed by atoms with Crippen LogP contribution in [0.1, 0.15) is 35.7 Å². The van der Waals surface area contributed by atoms with Crippen LogP contribution in [0.5, 0.6) is 0 Å². The molecule has 4 rings (SSSR count). The molecule has 6 nitrogen and oxygen atoms in total. The summed E-state index contributed by atoms with van der Waals surface area (Å²) in [4.78, 5) is 43.0. The summed E-state index contributed by atoms with van der Waals surface area (Å²) >= 11 is 0. The van der Waals surface area contributed by atoms with Crippen molar-refractivity contribution >= 4 is 16.9 Å². The lowest BCUT2D eigenvalue weighted by atomic mass is 9.76. The van der Waals surface area contributed by atoms with Gasteiger partial charge in [-0.1, -0.05) is 37.3 Å². The molecule has 1 fully saturated rings. The highest BCUT2D eigenvalue weighted by atomic mass is 16.2. The van der Waals surface area contributed by atoms with Gasteiger partial charge in [0, 0.05) is 24.1 Å². The Kier molecular flexibility index (Phi) is 4.18. The average molecular weight is 363 g/mol. The van der Waals surface area contributed by atoms with Crippen molar-refractivity contribution in [2.24, 2.45) is 0 Å². The van der Waals surface area contributed by atoms with Crippen molar-refractivity contribution in [3.63, 3.8) is 0 Å². The van der Waals surface area contributed by atoms with E-state index in [9.17, 15) is 14.4 Å². The van der Waals surface area contributed by atoms with Crippen LogP contribution in [-0.4, -0.2) is 33.9 Å². The summed E-state index contributed by atoms with van der Waals surface area (Å²) in [5, 5.41) is 0. The second-order valence-electron chi connectivity index (χ2n) is 7.43. The Bertz CT molecular complexity index is 1120. The van der Waals surface area contributed by atoms with Crippen molar-refractivity contribution in [3.8, 4) is 0 Å². The van der Waals surface area contributed by atoms with Gasteiger partial charge in [-0.2, -0.15) is 0 Å². The molecule has 1 aliphatic heterocycles. The number of nitrogens with zero attached hydrogens (tertiary/aromatic N) is 1. The van der Waals surface area contributed by atoms with Gasteiger partial charge in [0.1, 0.15) is 0 Å². The molecular formula is C21H21N3O3. The van der Waals surface area contributed by atoms with E-state index in [4.69, 9.17) is 0 Å². The first-order valence-electron chi connectivity index (χ1n) is 9.07. The van der Waals surface area contributed by atoms with Crippen LogP contribution < -0.4 is 11.1 Å². The molecule has 0 unspecified atom stereocenters. The average Bonchev–Trinajstić information content (AvgIpc) is 2.69. The Morgan fingerprint density at radius 1 is 1.00 bits per heavy atom. The van der Waals surface area contributed by atoms with Crippen molar-refractivity contribution in [1.82, 2.24) is 14.9 Å². The van der Waals surface area contributed by atoms with Crippen LogP contribution in [0, 0.1) is 0 Å². The number of hydrogen-bond acceptors (Lipinski definition) is 3. The maximum Gasteiger partial charge on any atom is 0.314 e. The quantitative estimate of drug-likeness (QED) is 0.686. The Hall–Kier alpha value is -3.15. The summed E-state index contributed by atoms with van der Waals surface area (Å²) in [5.74, 6) is -0.0641. The highest BCUT2D eigenvalue weighted by Gasteiger charge is 2.34. The summed E-state index contributed by atoms with van der Waals surface area (Å²) in [5.41, 5.74) is 1.20. The second-order valence-corrected chi connectivity index (χ2v) is 7.43. The molecule has 1 atom stereocenters. The summed E-state index contributed by atoms with van der Waals surface area (Å²) < 4.78 is 0. The minimum atomic E-state index is -0.721. The van der Waals surface area contributed by atoms with Gasteiger partial charge in [-0.3, -0.25) is 14.4 Å². The maximum absolute atomic E-state index is 13.1. The summed E-state index contributed by atoms with van der Waals surface area (Å²) in [6, 6.07) is 15.3. The van der Waals surface area contributed by atoms with Crippen molar-refractivity contribution in [2.75, 3.05) is 13.1 Å². The van der Waals surface area contributed by atoms with Crippen molar-refractivity contribution in [1.29, 1.82) is 0 Å². The summed E-state index contributed by atoms with van der Waals surface area (Å²) in [6.45, 7) is 3.56. The zero-order valence-corrected chi connectivity index (χ0v) is 15.1.